The number of amides is 2. The van der Waals surface area contributed by atoms with Crippen LogP contribution in [0.1, 0.15) is 29.8 Å². The zero-order valence-corrected chi connectivity index (χ0v) is 20.9. The van der Waals surface area contributed by atoms with Crippen molar-refractivity contribution in [3.05, 3.63) is 47.8 Å². The van der Waals surface area contributed by atoms with Crippen LogP contribution in [0.5, 0.6) is 0 Å². The first kappa shape index (κ1) is 25.9. The van der Waals surface area contributed by atoms with Crippen molar-refractivity contribution in [1.29, 1.82) is 0 Å². The van der Waals surface area contributed by atoms with Crippen molar-refractivity contribution in [1.82, 2.24) is 29.7 Å². The fourth-order valence-corrected chi connectivity index (χ4v) is 5.02. The van der Waals surface area contributed by atoms with Crippen LogP contribution in [0, 0.1) is 0 Å². The minimum atomic E-state index is -2.73. The molecule has 2 aromatic heterocycles. The summed E-state index contributed by atoms with van der Waals surface area (Å²) in [6.45, 7) is 1.78. The molecule has 4 N–H and O–H groups in total. The molecule has 13 heteroatoms. The third-order valence-electron chi connectivity index (χ3n) is 6.79. The van der Waals surface area contributed by atoms with Crippen LogP contribution in [0.4, 0.5) is 19.0 Å². The number of hydrogen-bond acceptors (Lipinski definition) is 7. The third-order valence-corrected chi connectivity index (χ3v) is 6.79. The van der Waals surface area contributed by atoms with Crippen molar-refractivity contribution in [3.8, 4) is 11.3 Å². The van der Waals surface area contributed by atoms with Gasteiger partial charge in [0.2, 0.25) is 0 Å². The average molecular weight is 532 g/mol. The van der Waals surface area contributed by atoms with Gasteiger partial charge in [-0.05, 0) is 31.5 Å². The number of aliphatic hydroxyl groups is 1. The van der Waals surface area contributed by atoms with E-state index < -0.39 is 35.6 Å². The number of aromatic nitrogens is 3. The van der Waals surface area contributed by atoms with Gasteiger partial charge in [0, 0.05) is 24.2 Å². The lowest BCUT2D eigenvalue weighted by molar-refractivity contribution is -0.146. The fourth-order valence-electron chi connectivity index (χ4n) is 5.02. The molecule has 10 nitrogen and oxygen atoms in total. The van der Waals surface area contributed by atoms with E-state index in [2.05, 4.69) is 15.4 Å². The minimum Gasteiger partial charge on any atom is -0.382 e. The predicted octanol–water partition coefficient (Wildman–Crippen LogP) is 1.48. The molecule has 38 heavy (non-hydrogen) atoms. The number of carbonyl (C=O) groups excluding carboxylic acids is 2. The highest BCUT2D eigenvalue weighted by molar-refractivity contribution is 6.01. The maximum atomic E-state index is 14.8. The normalized spacial score (nSPS) is 21.5. The molecular formula is C25H28F3N7O3. The van der Waals surface area contributed by atoms with Gasteiger partial charge in [-0.15, -0.1) is 0 Å². The first-order valence-electron chi connectivity index (χ1n) is 12.1. The predicted molar refractivity (Wildman–Crippen MR) is 132 cm³/mol. The molecule has 2 saturated heterocycles. The Kier molecular flexibility index (Phi) is 6.30. The molecule has 2 aliphatic rings. The molecule has 0 saturated carbocycles. The van der Waals surface area contributed by atoms with Crippen LogP contribution in [0.3, 0.4) is 0 Å². The topological polar surface area (TPSA) is 129 Å². The van der Waals surface area contributed by atoms with E-state index in [-0.39, 0.29) is 44.1 Å². The van der Waals surface area contributed by atoms with Gasteiger partial charge in [-0.1, -0.05) is 18.2 Å². The molecule has 1 aromatic carbocycles. The number of nitrogens with zero attached hydrogens (tertiary/aromatic N) is 5. The van der Waals surface area contributed by atoms with Gasteiger partial charge in [0.15, 0.2) is 5.82 Å². The molecule has 3 aromatic rings. The summed E-state index contributed by atoms with van der Waals surface area (Å²) in [5.74, 6) is -3.75. The highest BCUT2D eigenvalue weighted by Gasteiger charge is 2.44. The highest BCUT2D eigenvalue weighted by atomic mass is 19.3. The summed E-state index contributed by atoms with van der Waals surface area (Å²) in [6, 6.07) is 7.43. The van der Waals surface area contributed by atoms with E-state index in [1.54, 1.807) is 35.2 Å². The van der Waals surface area contributed by atoms with Crippen molar-refractivity contribution < 1.29 is 27.9 Å². The third kappa shape index (κ3) is 4.78. The lowest BCUT2D eigenvalue weighted by atomic mass is 10.0. The number of anilines is 1. The van der Waals surface area contributed by atoms with E-state index in [0.717, 1.165) is 0 Å². The largest absolute Gasteiger partial charge is 0.382 e. The highest BCUT2D eigenvalue weighted by Crippen LogP contribution is 2.34. The maximum Gasteiger partial charge on any atom is 0.272 e. The summed E-state index contributed by atoms with van der Waals surface area (Å²) >= 11 is 0. The summed E-state index contributed by atoms with van der Waals surface area (Å²) < 4.78 is 43.1. The molecule has 2 fully saturated rings. The zero-order valence-electron chi connectivity index (χ0n) is 20.9. The second-order valence-corrected chi connectivity index (χ2v) is 10.4. The number of alkyl halides is 3. The molecule has 2 amide bonds. The monoisotopic (exact) mass is 531 g/mol. The SMILES string of the molecule is CC(C)(O)C(=O)N1C[C@H](F)[C@H](NC(=O)c2ccccc2-c2cc(CN3CC(F)(F)C3)c3c(N)ncnn23)C1. The molecule has 0 radical (unpaired) electrons. The Labute approximate surface area is 216 Å². The van der Waals surface area contributed by atoms with E-state index in [1.165, 1.54) is 29.6 Å². The van der Waals surface area contributed by atoms with Gasteiger partial charge in [0.05, 0.1) is 31.4 Å². The molecule has 0 unspecified atom stereocenters. The number of benzene rings is 1. The first-order valence-corrected chi connectivity index (χ1v) is 12.1. The quantitative estimate of drug-likeness (QED) is 0.440. The van der Waals surface area contributed by atoms with Crippen LogP contribution in [0.2, 0.25) is 0 Å². The van der Waals surface area contributed by atoms with Crippen molar-refractivity contribution in [2.24, 2.45) is 0 Å². The number of nitrogens with two attached hydrogens (primary N) is 1. The first-order chi connectivity index (χ1) is 17.8. The van der Waals surface area contributed by atoms with Crippen LogP contribution in [0.25, 0.3) is 16.8 Å². The van der Waals surface area contributed by atoms with E-state index >= 15 is 0 Å². The second-order valence-electron chi connectivity index (χ2n) is 10.4. The lowest BCUT2D eigenvalue weighted by Gasteiger charge is -2.38. The Balaban J connectivity index is 1.43. The molecule has 202 valence electrons. The maximum absolute atomic E-state index is 14.8. The van der Waals surface area contributed by atoms with Gasteiger partial charge in [0.1, 0.15) is 23.6 Å². The molecule has 2 aliphatic heterocycles. The molecule has 0 bridgehead atoms. The van der Waals surface area contributed by atoms with Gasteiger partial charge in [-0.3, -0.25) is 14.5 Å². The lowest BCUT2D eigenvalue weighted by Crippen LogP contribution is -2.55. The van der Waals surface area contributed by atoms with Gasteiger partial charge in [0.25, 0.3) is 17.7 Å². The average Bonchev–Trinajstić information content (AvgIpc) is 3.38. The molecule has 2 atom stereocenters. The van der Waals surface area contributed by atoms with Gasteiger partial charge < -0.3 is 21.1 Å². The zero-order chi connectivity index (χ0) is 27.4. The van der Waals surface area contributed by atoms with E-state index in [0.29, 0.717) is 22.3 Å². The summed E-state index contributed by atoms with van der Waals surface area (Å²) in [5, 5.41) is 16.9. The second kappa shape index (κ2) is 9.24. The number of nitrogens with one attached hydrogen (secondary N) is 1. The Hall–Kier alpha value is -3.71. The number of nitrogen functional groups attached to an aromatic ring is 1. The summed E-state index contributed by atoms with van der Waals surface area (Å²) in [7, 11) is 0. The Morgan fingerprint density at radius 1 is 1.24 bits per heavy atom. The number of hydrogen-bond donors (Lipinski definition) is 3. The van der Waals surface area contributed by atoms with Crippen molar-refractivity contribution in [3.63, 3.8) is 0 Å². The molecule has 0 spiro atoms. The number of rotatable bonds is 6. The Bertz CT molecular complexity index is 1400. The van der Waals surface area contributed by atoms with Gasteiger partial charge in [-0.2, -0.15) is 5.10 Å². The minimum absolute atomic E-state index is 0.0830. The van der Waals surface area contributed by atoms with Crippen LogP contribution in [-0.4, -0.2) is 91.2 Å². The number of fused-ring (bicyclic) bond motifs is 1. The molecule has 0 aliphatic carbocycles. The van der Waals surface area contributed by atoms with Crippen LogP contribution in [-0.2, 0) is 11.3 Å². The van der Waals surface area contributed by atoms with Crippen LogP contribution >= 0.6 is 0 Å². The molecule has 4 heterocycles. The van der Waals surface area contributed by atoms with E-state index in [4.69, 9.17) is 5.73 Å². The summed E-state index contributed by atoms with van der Waals surface area (Å²) in [6.07, 6.45) is -0.253. The van der Waals surface area contributed by atoms with Crippen LogP contribution in [0.15, 0.2) is 36.7 Å². The fraction of sp³-hybridized carbons (Fsp3) is 0.440. The Morgan fingerprint density at radius 2 is 1.95 bits per heavy atom. The summed E-state index contributed by atoms with van der Waals surface area (Å²) in [4.78, 5) is 32.5. The summed E-state index contributed by atoms with van der Waals surface area (Å²) in [5.41, 5.74) is 6.73. The van der Waals surface area contributed by atoms with Gasteiger partial charge in [-0.25, -0.2) is 22.7 Å². The molecule has 5 rings (SSSR count). The van der Waals surface area contributed by atoms with Crippen molar-refractivity contribution in [2.75, 3.05) is 31.9 Å². The standard InChI is InChI=1S/C25H28F3N7O3/c1-24(2,38)23(37)34-9-17(26)18(10-34)32-22(36)16-6-4-3-5-15(16)19-7-14(8-33-11-25(27,28)12-33)20-21(29)30-13-31-35(19)20/h3-7,13,17-18,38H,8-12H2,1-2H3,(H,32,36)(H2,29,30,31)/t17-,18+/m0/s1. The van der Waals surface area contributed by atoms with Crippen molar-refractivity contribution in [2.45, 2.75) is 44.1 Å². The molecular weight excluding hydrogens is 503 g/mol. The number of carbonyl (C=O) groups is 2. The smallest absolute Gasteiger partial charge is 0.272 e. The van der Waals surface area contributed by atoms with Crippen molar-refractivity contribution >= 4 is 23.1 Å². The van der Waals surface area contributed by atoms with Crippen LogP contribution < -0.4 is 11.1 Å². The van der Waals surface area contributed by atoms with E-state index in [9.17, 15) is 27.9 Å². The Morgan fingerprint density at radius 3 is 2.63 bits per heavy atom. The van der Waals surface area contributed by atoms with Gasteiger partial charge >= 0.3 is 0 Å². The number of halogens is 3. The number of likely N-dealkylation sites (tertiary alicyclic amines) is 2. The van der Waals surface area contributed by atoms with E-state index in [1.807, 2.05) is 0 Å².